The molecule has 0 spiro atoms. The van der Waals surface area contributed by atoms with E-state index in [2.05, 4.69) is 27.2 Å². The van der Waals surface area contributed by atoms with E-state index in [9.17, 15) is 9.59 Å². The van der Waals surface area contributed by atoms with Gasteiger partial charge in [0.05, 0.1) is 13.7 Å². The van der Waals surface area contributed by atoms with Crippen molar-refractivity contribution >= 4 is 23.3 Å². The molecule has 1 N–H and O–H groups in total. The third-order valence-electron chi connectivity index (χ3n) is 7.24. The SMILES string of the molecule is COc1ccc(CN2C(=O)CCN(c3ccc(N4CCN(C5CNC5)CC4)cc3C)C2=O)cc1. The van der Waals surface area contributed by atoms with E-state index in [0.717, 1.165) is 61.8 Å². The maximum absolute atomic E-state index is 13.3. The Morgan fingerprint density at radius 2 is 1.71 bits per heavy atom. The zero-order valence-electron chi connectivity index (χ0n) is 20.0. The van der Waals surface area contributed by atoms with E-state index in [-0.39, 0.29) is 18.5 Å². The zero-order valence-corrected chi connectivity index (χ0v) is 20.0. The molecule has 5 rings (SSSR count). The first-order valence-corrected chi connectivity index (χ1v) is 12.1. The van der Waals surface area contributed by atoms with Crippen LogP contribution in [0.15, 0.2) is 42.5 Å². The highest BCUT2D eigenvalue weighted by Gasteiger charge is 2.34. The third kappa shape index (κ3) is 4.48. The summed E-state index contributed by atoms with van der Waals surface area (Å²) in [5.74, 6) is 0.615. The average molecular weight is 464 g/mol. The molecule has 0 aliphatic carbocycles. The Hall–Kier alpha value is -3.10. The second-order valence-electron chi connectivity index (χ2n) is 9.32. The van der Waals surface area contributed by atoms with Crippen LogP contribution in [0.1, 0.15) is 17.5 Å². The van der Waals surface area contributed by atoms with Crippen LogP contribution < -0.4 is 19.9 Å². The molecule has 8 nitrogen and oxygen atoms in total. The Kier molecular flexibility index (Phi) is 6.43. The quantitative estimate of drug-likeness (QED) is 0.710. The molecule has 0 aromatic heterocycles. The fourth-order valence-corrected chi connectivity index (χ4v) is 5.00. The van der Waals surface area contributed by atoms with Crippen LogP contribution in [-0.4, -0.2) is 80.7 Å². The van der Waals surface area contributed by atoms with Crippen LogP contribution in [0.4, 0.5) is 16.2 Å². The fourth-order valence-electron chi connectivity index (χ4n) is 5.00. The number of rotatable bonds is 6. The second kappa shape index (κ2) is 9.64. The van der Waals surface area contributed by atoms with E-state index in [1.54, 1.807) is 12.0 Å². The van der Waals surface area contributed by atoms with Crippen LogP contribution in [-0.2, 0) is 11.3 Å². The third-order valence-corrected chi connectivity index (χ3v) is 7.24. The molecule has 0 unspecified atom stereocenters. The van der Waals surface area contributed by atoms with E-state index in [1.165, 1.54) is 10.6 Å². The summed E-state index contributed by atoms with van der Waals surface area (Å²) in [7, 11) is 1.62. The normalized spacial score (nSPS) is 20.0. The molecule has 8 heteroatoms. The molecule has 0 bridgehead atoms. The monoisotopic (exact) mass is 463 g/mol. The Labute approximate surface area is 201 Å². The first kappa shape index (κ1) is 22.7. The largest absolute Gasteiger partial charge is 0.497 e. The number of aryl methyl sites for hydroxylation is 1. The molecule has 180 valence electrons. The minimum atomic E-state index is -0.259. The molecule has 3 aliphatic rings. The highest BCUT2D eigenvalue weighted by molar-refractivity contribution is 6.06. The number of imide groups is 1. The van der Waals surface area contributed by atoms with E-state index < -0.39 is 0 Å². The molecule has 0 radical (unpaired) electrons. The maximum atomic E-state index is 13.3. The predicted molar refractivity (Wildman–Crippen MR) is 133 cm³/mol. The van der Waals surface area contributed by atoms with Crippen LogP contribution in [0.25, 0.3) is 0 Å². The summed E-state index contributed by atoms with van der Waals surface area (Å²) < 4.78 is 5.20. The molecule has 2 aromatic carbocycles. The van der Waals surface area contributed by atoms with Gasteiger partial charge in [-0.05, 0) is 48.4 Å². The van der Waals surface area contributed by atoms with Gasteiger partial charge in [0, 0.05) is 69.7 Å². The number of hydrogen-bond acceptors (Lipinski definition) is 6. The standard InChI is InChI=1S/C26H33N5O3/c1-19-15-21(28-11-13-29(14-12-28)22-16-27-17-22)5-8-24(19)30-10-9-25(32)31(26(30)33)18-20-3-6-23(34-2)7-4-20/h3-8,15,22,27H,9-14,16-18H2,1-2H3. The van der Waals surface area contributed by atoms with E-state index >= 15 is 0 Å². The zero-order chi connectivity index (χ0) is 23.7. The van der Waals surface area contributed by atoms with Gasteiger partial charge in [-0.1, -0.05) is 12.1 Å². The predicted octanol–water partition coefficient (Wildman–Crippen LogP) is 2.46. The molecule has 3 amide bonds. The van der Waals surface area contributed by atoms with Gasteiger partial charge >= 0.3 is 6.03 Å². The van der Waals surface area contributed by atoms with Crippen molar-refractivity contribution in [2.45, 2.75) is 25.9 Å². The van der Waals surface area contributed by atoms with Gasteiger partial charge in [-0.25, -0.2) is 4.79 Å². The van der Waals surface area contributed by atoms with Crippen molar-refractivity contribution in [2.75, 3.05) is 62.7 Å². The number of urea groups is 1. The summed E-state index contributed by atoms with van der Waals surface area (Å²) >= 11 is 0. The first-order valence-electron chi connectivity index (χ1n) is 12.1. The lowest BCUT2D eigenvalue weighted by molar-refractivity contribution is -0.129. The van der Waals surface area contributed by atoms with Crippen LogP contribution in [0.2, 0.25) is 0 Å². The molecule has 3 fully saturated rings. The van der Waals surface area contributed by atoms with E-state index in [0.29, 0.717) is 19.0 Å². The minimum Gasteiger partial charge on any atom is -0.497 e. The number of ether oxygens (including phenoxy) is 1. The van der Waals surface area contributed by atoms with Gasteiger partial charge in [-0.15, -0.1) is 0 Å². The van der Waals surface area contributed by atoms with Crippen LogP contribution in [0, 0.1) is 6.92 Å². The van der Waals surface area contributed by atoms with Gasteiger partial charge in [-0.2, -0.15) is 0 Å². The van der Waals surface area contributed by atoms with Crippen molar-refractivity contribution in [3.05, 3.63) is 53.6 Å². The molecule has 34 heavy (non-hydrogen) atoms. The average Bonchev–Trinajstić information content (AvgIpc) is 2.82. The minimum absolute atomic E-state index is 0.133. The second-order valence-corrected chi connectivity index (χ2v) is 9.32. The number of nitrogens with one attached hydrogen (secondary N) is 1. The van der Waals surface area contributed by atoms with Crippen LogP contribution >= 0.6 is 0 Å². The number of nitrogens with zero attached hydrogens (tertiary/aromatic N) is 4. The van der Waals surface area contributed by atoms with Gasteiger partial charge in [0.2, 0.25) is 5.91 Å². The summed E-state index contributed by atoms with van der Waals surface area (Å²) in [6.45, 7) is 9.13. The van der Waals surface area contributed by atoms with Crippen molar-refractivity contribution in [3.63, 3.8) is 0 Å². The Balaban J connectivity index is 1.27. The van der Waals surface area contributed by atoms with Crippen LogP contribution in [0.5, 0.6) is 5.75 Å². The molecule has 3 saturated heterocycles. The Morgan fingerprint density at radius 1 is 0.971 bits per heavy atom. The number of amides is 3. The summed E-state index contributed by atoms with van der Waals surface area (Å²) in [6.07, 6.45) is 0.321. The van der Waals surface area contributed by atoms with Crippen molar-refractivity contribution in [3.8, 4) is 5.75 Å². The van der Waals surface area contributed by atoms with Gasteiger partial charge in [0.1, 0.15) is 5.75 Å². The highest BCUT2D eigenvalue weighted by atomic mass is 16.5. The number of piperazine rings is 1. The highest BCUT2D eigenvalue weighted by Crippen LogP contribution is 2.30. The summed E-state index contributed by atoms with van der Waals surface area (Å²) in [5.41, 5.74) is 4.02. The lowest BCUT2D eigenvalue weighted by atomic mass is 10.1. The van der Waals surface area contributed by atoms with Crippen molar-refractivity contribution in [2.24, 2.45) is 0 Å². The lowest BCUT2D eigenvalue weighted by Crippen LogP contribution is -2.61. The molecule has 0 atom stereocenters. The molecule has 3 aliphatic heterocycles. The summed E-state index contributed by atoms with van der Waals surface area (Å²) in [4.78, 5) is 34.0. The van der Waals surface area contributed by atoms with Gasteiger partial charge in [0.25, 0.3) is 0 Å². The number of hydrogen-bond donors (Lipinski definition) is 1. The Morgan fingerprint density at radius 3 is 2.32 bits per heavy atom. The van der Waals surface area contributed by atoms with E-state index in [1.807, 2.05) is 37.3 Å². The Bertz CT molecular complexity index is 1040. The molecule has 3 heterocycles. The topological polar surface area (TPSA) is 68.4 Å². The molecular weight excluding hydrogens is 430 g/mol. The molecular formula is C26H33N5O3. The first-order chi connectivity index (χ1) is 16.5. The number of carbonyl (C=O) groups excluding carboxylic acids is 2. The maximum Gasteiger partial charge on any atom is 0.331 e. The summed E-state index contributed by atoms with van der Waals surface area (Å²) in [6, 6.07) is 14.2. The molecule has 0 saturated carbocycles. The number of benzene rings is 2. The molecule has 2 aromatic rings. The van der Waals surface area contributed by atoms with Gasteiger partial charge < -0.3 is 15.0 Å². The number of carbonyl (C=O) groups is 2. The fraction of sp³-hybridized carbons (Fsp3) is 0.462. The van der Waals surface area contributed by atoms with Gasteiger partial charge in [-0.3, -0.25) is 19.5 Å². The van der Waals surface area contributed by atoms with E-state index in [4.69, 9.17) is 4.74 Å². The number of methoxy groups -OCH3 is 1. The smallest absolute Gasteiger partial charge is 0.331 e. The van der Waals surface area contributed by atoms with Crippen LogP contribution in [0.3, 0.4) is 0 Å². The van der Waals surface area contributed by atoms with Gasteiger partial charge in [0.15, 0.2) is 0 Å². The van der Waals surface area contributed by atoms with Crippen molar-refractivity contribution < 1.29 is 14.3 Å². The van der Waals surface area contributed by atoms with Crippen molar-refractivity contribution in [1.29, 1.82) is 0 Å². The number of anilines is 2. The lowest BCUT2D eigenvalue weighted by Gasteiger charge is -2.44. The summed E-state index contributed by atoms with van der Waals surface area (Å²) in [5, 5.41) is 3.36. The van der Waals surface area contributed by atoms with Crippen molar-refractivity contribution in [1.82, 2.24) is 15.1 Å².